The van der Waals surface area contributed by atoms with Crippen LogP contribution in [0.15, 0.2) is 71.1 Å². The maximum absolute atomic E-state index is 13.3. The van der Waals surface area contributed by atoms with E-state index < -0.39 is 23.6 Å². The molecule has 1 amide bonds. The largest absolute Gasteiger partial charge is 0.481 e. The Balaban J connectivity index is 1.65. The van der Waals surface area contributed by atoms with Gasteiger partial charge in [0.05, 0.1) is 5.69 Å². The van der Waals surface area contributed by atoms with Gasteiger partial charge in [0.25, 0.3) is 5.91 Å². The molecule has 1 atom stereocenters. The van der Waals surface area contributed by atoms with E-state index in [-0.39, 0.29) is 22.9 Å². The molecular formula is C28H26FNO4. The van der Waals surface area contributed by atoms with Gasteiger partial charge in [0, 0.05) is 10.9 Å². The van der Waals surface area contributed by atoms with E-state index in [1.54, 1.807) is 31.2 Å². The number of halogens is 1. The zero-order valence-corrected chi connectivity index (χ0v) is 19.5. The van der Waals surface area contributed by atoms with Crippen molar-refractivity contribution in [1.29, 1.82) is 0 Å². The number of benzene rings is 3. The number of hydrogen-bond acceptors (Lipinski definition) is 4. The first-order valence-electron chi connectivity index (χ1n) is 11.1. The number of aryl methyl sites for hydroxylation is 1. The lowest BCUT2D eigenvalue weighted by Gasteiger charge is -2.19. The molecule has 6 heteroatoms. The van der Waals surface area contributed by atoms with Gasteiger partial charge in [-0.3, -0.25) is 9.59 Å². The van der Waals surface area contributed by atoms with Gasteiger partial charge in [-0.05, 0) is 73.4 Å². The number of carbonyl (C=O) groups excluding carboxylic acids is 2. The molecular weight excluding hydrogens is 433 g/mol. The Hall–Kier alpha value is -3.93. The number of rotatable bonds is 7. The fourth-order valence-corrected chi connectivity index (χ4v) is 3.75. The third kappa shape index (κ3) is 4.71. The standard InChI is InChI=1S/C28H26FNO4/c1-16(2)21-14-9-17(3)15-24(21)33-18(4)28(32)30-25-22-7-5-6-8-23(22)34-27(25)26(31)19-10-12-20(29)13-11-19/h5-16,18H,1-4H3,(H,30,32)/t18-/m0/s1. The van der Waals surface area contributed by atoms with Crippen LogP contribution in [0.2, 0.25) is 0 Å². The number of anilines is 1. The van der Waals surface area contributed by atoms with E-state index in [4.69, 9.17) is 9.15 Å². The Morgan fingerprint density at radius 3 is 2.38 bits per heavy atom. The predicted octanol–water partition coefficient (Wildman–Crippen LogP) is 6.64. The molecule has 0 aliphatic rings. The van der Waals surface area contributed by atoms with Crippen molar-refractivity contribution in [3.63, 3.8) is 0 Å². The average molecular weight is 460 g/mol. The van der Waals surface area contributed by atoms with Gasteiger partial charge < -0.3 is 14.5 Å². The van der Waals surface area contributed by atoms with Crippen LogP contribution in [0.5, 0.6) is 5.75 Å². The fraction of sp³-hybridized carbons (Fsp3) is 0.214. The molecule has 5 nitrogen and oxygen atoms in total. The molecule has 174 valence electrons. The van der Waals surface area contributed by atoms with E-state index in [0.29, 0.717) is 16.7 Å². The molecule has 0 fully saturated rings. The Bertz CT molecular complexity index is 1350. The molecule has 0 aliphatic carbocycles. The molecule has 0 aliphatic heterocycles. The highest BCUT2D eigenvalue weighted by Crippen LogP contribution is 2.33. The van der Waals surface area contributed by atoms with Gasteiger partial charge in [-0.2, -0.15) is 0 Å². The number of fused-ring (bicyclic) bond motifs is 1. The topological polar surface area (TPSA) is 68.5 Å². The monoisotopic (exact) mass is 459 g/mol. The van der Waals surface area contributed by atoms with Crippen LogP contribution in [0.1, 0.15) is 53.9 Å². The molecule has 1 aromatic heterocycles. The third-order valence-corrected chi connectivity index (χ3v) is 5.62. The zero-order valence-electron chi connectivity index (χ0n) is 19.5. The summed E-state index contributed by atoms with van der Waals surface area (Å²) in [6, 6.07) is 18.2. The smallest absolute Gasteiger partial charge is 0.265 e. The lowest BCUT2D eigenvalue weighted by Crippen LogP contribution is -2.31. The summed E-state index contributed by atoms with van der Waals surface area (Å²) in [6.45, 7) is 7.75. The molecule has 1 heterocycles. The minimum Gasteiger partial charge on any atom is -0.481 e. The highest BCUT2D eigenvalue weighted by molar-refractivity contribution is 6.17. The molecule has 0 saturated heterocycles. The number of carbonyl (C=O) groups is 2. The van der Waals surface area contributed by atoms with E-state index in [1.165, 1.54) is 24.3 Å². The summed E-state index contributed by atoms with van der Waals surface area (Å²) in [7, 11) is 0. The Labute approximate surface area is 197 Å². The number of hydrogen-bond donors (Lipinski definition) is 1. The number of ketones is 1. The van der Waals surface area contributed by atoms with E-state index in [1.807, 2.05) is 25.1 Å². The molecule has 0 spiro atoms. The maximum atomic E-state index is 13.3. The molecule has 0 unspecified atom stereocenters. The molecule has 0 bridgehead atoms. The van der Waals surface area contributed by atoms with Crippen LogP contribution in [0.4, 0.5) is 10.1 Å². The van der Waals surface area contributed by atoms with E-state index in [9.17, 15) is 14.0 Å². The number of ether oxygens (including phenoxy) is 1. The number of amides is 1. The van der Waals surface area contributed by atoms with Crippen molar-refractivity contribution >= 4 is 28.3 Å². The summed E-state index contributed by atoms with van der Waals surface area (Å²) >= 11 is 0. The van der Waals surface area contributed by atoms with Crippen LogP contribution in [-0.4, -0.2) is 17.8 Å². The number of furan rings is 1. The molecule has 4 rings (SSSR count). The lowest BCUT2D eigenvalue weighted by atomic mass is 10.0. The molecule has 3 aromatic carbocycles. The third-order valence-electron chi connectivity index (χ3n) is 5.62. The van der Waals surface area contributed by atoms with Gasteiger partial charge in [-0.1, -0.05) is 38.1 Å². The minimum absolute atomic E-state index is 0.0215. The van der Waals surface area contributed by atoms with Crippen molar-refractivity contribution in [3.05, 3.63) is 95.0 Å². The van der Waals surface area contributed by atoms with E-state index in [2.05, 4.69) is 19.2 Å². The van der Waals surface area contributed by atoms with E-state index in [0.717, 1.165) is 11.1 Å². The molecule has 1 N–H and O–H groups in total. The van der Waals surface area contributed by atoms with Gasteiger partial charge in [-0.15, -0.1) is 0 Å². The minimum atomic E-state index is -0.832. The first-order valence-corrected chi connectivity index (χ1v) is 11.1. The predicted molar refractivity (Wildman–Crippen MR) is 130 cm³/mol. The van der Waals surface area contributed by atoms with Crippen molar-refractivity contribution in [3.8, 4) is 5.75 Å². The Kier molecular flexibility index (Phi) is 6.50. The highest BCUT2D eigenvalue weighted by atomic mass is 19.1. The summed E-state index contributed by atoms with van der Waals surface area (Å²) in [5.74, 6) is -0.470. The van der Waals surface area contributed by atoms with Crippen LogP contribution < -0.4 is 10.1 Å². The van der Waals surface area contributed by atoms with Gasteiger partial charge in [-0.25, -0.2) is 4.39 Å². The van der Waals surface area contributed by atoms with Crippen molar-refractivity contribution in [2.75, 3.05) is 5.32 Å². The second kappa shape index (κ2) is 9.51. The first kappa shape index (κ1) is 23.2. The molecule has 0 radical (unpaired) electrons. The summed E-state index contributed by atoms with van der Waals surface area (Å²) in [5.41, 5.74) is 3.00. The lowest BCUT2D eigenvalue weighted by molar-refractivity contribution is -0.122. The highest BCUT2D eigenvalue weighted by Gasteiger charge is 2.26. The number of nitrogens with one attached hydrogen (secondary N) is 1. The van der Waals surface area contributed by atoms with Gasteiger partial charge in [0.1, 0.15) is 17.1 Å². The van der Waals surface area contributed by atoms with Crippen LogP contribution in [-0.2, 0) is 4.79 Å². The zero-order chi connectivity index (χ0) is 24.4. The second-order valence-corrected chi connectivity index (χ2v) is 8.58. The quantitative estimate of drug-likeness (QED) is 0.315. The van der Waals surface area contributed by atoms with Crippen LogP contribution in [0.25, 0.3) is 11.0 Å². The normalized spacial score (nSPS) is 12.1. The summed E-state index contributed by atoms with van der Waals surface area (Å²) in [5, 5.41) is 3.42. The van der Waals surface area contributed by atoms with Gasteiger partial charge in [0.15, 0.2) is 11.9 Å². The Morgan fingerprint density at radius 2 is 1.68 bits per heavy atom. The van der Waals surface area contributed by atoms with Crippen molar-refractivity contribution < 1.29 is 23.1 Å². The van der Waals surface area contributed by atoms with Crippen molar-refractivity contribution in [1.82, 2.24) is 0 Å². The summed E-state index contributed by atoms with van der Waals surface area (Å²) in [6.07, 6.45) is -0.832. The molecule has 34 heavy (non-hydrogen) atoms. The van der Waals surface area contributed by atoms with Gasteiger partial charge >= 0.3 is 0 Å². The van der Waals surface area contributed by atoms with Gasteiger partial charge in [0.2, 0.25) is 5.78 Å². The van der Waals surface area contributed by atoms with Crippen molar-refractivity contribution in [2.24, 2.45) is 0 Å². The molecule has 0 saturated carbocycles. The molecule has 4 aromatic rings. The second-order valence-electron chi connectivity index (χ2n) is 8.58. The summed E-state index contributed by atoms with van der Waals surface area (Å²) < 4.78 is 25.2. The first-order chi connectivity index (χ1) is 16.2. The maximum Gasteiger partial charge on any atom is 0.265 e. The van der Waals surface area contributed by atoms with Crippen LogP contribution >= 0.6 is 0 Å². The Morgan fingerprint density at radius 1 is 0.971 bits per heavy atom. The number of para-hydroxylation sites is 1. The van der Waals surface area contributed by atoms with E-state index >= 15 is 0 Å². The van der Waals surface area contributed by atoms with Crippen molar-refractivity contribution in [2.45, 2.75) is 39.7 Å². The SMILES string of the molecule is Cc1ccc(C(C)C)c(O[C@@H](C)C(=O)Nc2c(C(=O)c3ccc(F)cc3)oc3ccccc23)c1. The van der Waals surface area contributed by atoms with Crippen LogP contribution in [0.3, 0.4) is 0 Å². The average Bonchev–Trinajstić information content (AvgIpc) is 3.17. The summed E-state index contributed by atoms with van der Waals surface area (Å²) in [4.78, 5) is 26.3. The fourth-order valence-electron chi connectivity index (χ4n) is 3.75. The van der Waals surface area contributed by atoms with Crippen LogP contribution in [0, 0.1) is 12.7 Å².